The molecule has 0 aliphatic heterocycles. The summed E-state index contributed by atoms with van der Waals surface area (Å²) in [5.41, 5.74) is 6.42. The number of urea groups is 1. The van der Waals surface area contributed by atoms with Crippen molar-refractivity contribution in [1.82, 2.24) is 5.32 Å². The molecule has 1 aromatic rings. The number of carboxylic acids is 1. The van der Waals surface area contributed by atoms with E-state index in [0.717, 1.165) is 0 Å². The molecule has 0 aliphatic rings. The molecule has 7 nitrogen and oxygen atoms in total. The van der Waals surface area contributed by atoms with Gasteiger partial charge < -0.3 is 21.5 Å². The van der Waals surface area contributed by atoms with E-state index in [1.165, 1.54) is 18.2 Å². The first-order valence-corrected chi connectivity index (χ1v) is 6.43. The van der Waals surface area contributed by atoms with Crippen LogP contribution in [0.25, 0.3) is 0 Å². The molecule has 0 saturated heterocycles. The highest BCUT2D eigenvalue weighted by Crippen LogP contribution is 2.16. The van der Waals surface area contributed by atoms with Crippen LogP contribution < -0.4 is 16.4 Å². The molecule has 0 saturated carbocycles. The van der Waals surface area contributed by atoms with E-state index in [2.05, 4.69) is 10.6 Å². The number of aryl methyl sites for hydroxylation is 1. The van der Waals surface area contributed by atoms with Gasteiger partial charge in [0, 0.05) is 5.69 Å². The van der Waals surface area contributed by atoms with Gasteiger partial charge in [-0.25, -0.2) is 9.59 Å². The molecule has 7 heteroatoms. The largest absolute Gasteiger partial charge is 0.478 e. The number of hydrogen-bond donors (Lipinski definition) is 4. The van der Waals surface area contributed by atoms with Gasteiger partial charge in [0.1, 0.15) is 6.04 Å². The molecule has 114 valence electrons. The number of rotatable bonds is 5. The van der Waals surface area contributed by atoms with Gasteiger partial charge >= 0.3 is 12.0 Å². The van der Waals surface area contributed by atoms with Crippen molar-refractivity contribution in [2.24, 2.45) is 11.7 Å². The van der Waals surface area contributed by atoms with Crippen molar-refractivity contribution in [2.75, 3.05) is 5.32 Å². The number of anilines is 1. The van der Waals surface area contributed by atoms with Crippen molar-refractivity contribution in [2.45, 2.75) is 26.8 Å². The first-order chi connectivity index (χ1) is 9.72. The second-order valence-electron chi connectivity index (χ2n) is 5.06. The molecule has 1 unspecified atom stereocenters. The summed E-state index contributed by atoms with van der Waals surface area (Å²) >= 11 is 0. The van der Waals surface area contributed by atoms with Crippen LogP contribution >= 0.6 is 0 Å². The lowest BCUT2D eigenvalue weighted by Gasteiger charge is -2.19. The molecule has 1 aromatic carbocycles. The number of nitrogens with two attached hydrogens (primary N) is 1. The van der Waals surface area contributed by atoms with Gasteiger partial charge in [-0.05, 0) is 36.6 Å². The van der Waals surface area contributed by atoms with Crippen LogP contribution in [0.3, 0.4) is 0 Å². The maximum atomic E-state index is 11.9. The number of carboxylic acid groups (broad SMARTS) is 1. The van der Waals surface area contributed by atoms with Crippen molar-refractivity contribution >= 4 is 23.6 Å². The highest BCUT2D eigenvalue weighted by atomic mass is 16.4. The van der Waals surface area contributed by atoms with Crippen molar-refractivity contribution in [3.8, 4) is 0 Å². The highest BCUT2D eigenvalue weighted by molar-refractivity contribution is 5.95. The minimum Gasteiger partial charge on any atom is -0.478 e. The number of primary amides is 1. The van der Waals surface area contributed by atoms with Gasteiger partial charge in [-0.1, -0.05) is 13.8 Å². The summed E-state index contributed by atoms with van der Waals surface area (Å²) in [5, 5.41) is 13.9. The molecule has 0 heterocycles. The van der Waals surface area contributed by atoms with Gasteiger partial charge in [0.25, 0.3) is 0 Å². The minimum atomic E-state index is -1.04. The summed E-state index contributed by atoms with van der Waals surface area (Å²) in [7, 11) is 0. The number of amides is 3. The van der Waals surface area contributed by atoms with Gasteiger partial charge in [0.2, 0.25) is 5.91 Å². The Hall–Kier alpha value is -2.57. The average molecular weight is 293 g/mol. The third kappa shape index (κ3) is 4.48. The normalized spacial score (nSPS) is 11.8. The number of aromatic carboxylic acids is 1. The summed E-state index contributed by atoms with van der Waals surface area (Å²) in [6.45, 7) is 5.21. The Morgan fingerprint density at radius 1 is 1.24 bits per heavy atom. The smallest absolute Gasteiger partial charge is 0.335 e. The quantitative estimate of drug-likeness (QED) is 0.654. The van der Waals surface area contributed by atoms with E-state index in [1.807, 2.05) is 0 Å². The molecule has 0 aliphatic carbocycles. The Bertz CT molecular complexity index is 569. The van der Waals surface area contributed by atoms with E-state index in [4.69, 9.17) is 10.8 Å². The lowest BCUT2D eigenvalue weighted by atomic mass is 10.0. The topological polar surface area (TPSA) is 122 Å². The maximum absolute atomic E-state index is 11.9. The van der Waals surface area contributed by atoms with Gasteiger partial charge in [-0.2, -0.15) is 0 Å². The van der Waals surface area contributed by atoms with Crippen LogP contribution in [0.1, 0.15) is 29.8 Å². The lowest BCUT2D eigenvalue weighted by molar-refractivity contribution is -0.120. The first kappa shape index (κ1) is 16.5. The monoisotopic (exact) mass is 293 g/mol. The molecule has 1 atom stereocenters. The fourth-order valence-electron chi connectivity index (χ4n) is 1.80. The Morgan fingerprint density at radius 2 is 1.86 bits per heavy atom. The SMILES string of the molecule is Cc1cc(C(=O)O)ccc1NC(=O)NC(C(N)=O)C(C)C. The predicted octanol–water partition coefficient (Wildman–Crippen LogP) is 1.32. The number of carbonyl (C=O) groups excluding carboxylic acids is 2. The second-order valence-corrected chi connectivity index (χ2v) is 5.06. The van der Waals surface area contributed by atoms with Crippen LogP contribution in [0.15, 0.2) is 18.2 Å². The average Bonchev–Trinajstić information content (AvgIpc) is 2.37. The summed E-state index contributed by atoms with van der Waals surface area (Å²) in [6, 6.07) is 2.99. The summed E-state index contributed by atoms with van der Waals surface area (Å²) in [6.07, 6.45) is 0. The van der Waals surface area contributed by atoms with Crippen LogP contribution in [0, 0.1) is 12.8 Å². The minimum absolute atomic E-state index is 0.135. The van der Waals surface area contributed by atoms with E-state index in [-0.39, 0.29) is 11.5 Å². The molecule has 0 fully saturated rings. The zero-order valence-electron chi connectivity index (χ0n) is 12.1. The molecule has 3 amide bonds. The molecule has 1 rings (SSSR count). The first-order valence-electron chi connectivity index (χ1n) is 6.43. The predicted molar refractivity (Wildman–Crippen MR) is 78.1 cm³/mol. The molecular weight excluding hydrogens is 274 g/mol. The summed E-state index contributed by atoms with van der Waals surface area (Å²) < 4.78 is 0. The Morgan fingerprint density at radius 3 is 2.29 bits per heavy atom. The number of nitrogens with one attached hydrogen (secondary N) is 2. The van der Waals surface area contributed by atoms with E-state index in [1.54, 1.807) is 20.8 Å². The maximum Gasteiger partial charge on any atom is 0.335 e. The number of benzene rings is 1. The van der Waals surface area contributed by atoms with Crippen LogP contribution in [-0.4, -0.2) is 29.1 Å². The number of hydrogen-bond acceptors (Lipinski definition) is 3. The number of carbonyl (C=O) groups is 3. The fourth-order valence-corrected chi connectivity index (χ4v) is 1.80. The molecule has 5 N–H and O–H groups in total. The van der Waals surface area contributed by atoms with E-state index in [0.29, 0.717) is 11.3 Å². The van der Waals surface area contributed by atoms with E-state index < -0.39 is 23.9 Å². The third-order valence-corrected chi connectivity index (χ3v) is 2.98. The molecular formula is C14H19N3O4. The van der Waals surface area contributed by atoms with Crippen molar-refractivity contribution in [1.29, 1.82) is 0 Å². The van der Waals surface area contributed by atoms with Crippen LogP contribution in [0.4, 0.5) is 10.5 Å². The van der Waals surface area contributed by atoms with E-state index >= 15 is 0 Å². The zero-order chi connectivity index (χ0) is 16.2. The summed E-state index contributed by atoms with van der Waals surface area (Å²) in [4.78, 5) is 33.9. The van der Waals surface area contributed by atoms with Crippen LogP contribution in [-0.2, 0) is 4.79 Å². The summed E-state index contributed by atoms with van der Waals surface area (Å²) in [5.74, 6) is -1.79. The van der Waals surface area contributed by atoms with Crippen molar-refractivity contribution in [3.05, 3.63) is 29.3 Å². The standard InChI is InChI=1S/C14H19N3O4/c1-7(2)11(12(15)18)17-14(21)16-10-5-4-9(13(19)20)6-8(10)3/h4-7,11H,1-3H3,(H2,15,18)(H,19,20)(H2,16,17,21). The zero-order valence-corrected chi connectivity index (χ0v) is 12.1. The molecule has 0 spiro atoms. The molecule has 0 radical (unpaired) electrons. The van der Waals surface area contributed by atoms with Crippen molar-refractivity contribution in [3.63, 3.8) is 0 Å². The highest BCUT2D eigenvalue weighted by Gasteiger charge is 2.21. The second kappa shape index (κ2) is 6.74. The van der Waals surface area contributed by atoms with Gasteiger partial charge in [-0.15, -0.1) is 0 Å². The molecule has 0 aromatic heterocycles. The van der Waals surface area contributed by atoms with Crippen LogP contribution in [0.2, 0.25) is 0 Å². The van der Waals surface area contributed by atoms with Crippen LogP contribution in [0.5, 0.6) is 0 Å². The Labute approximate surface area is 122 Å². The van der Waals surface area contributed by atoms with Gasteiger partial charge in [-0.3, -0.25) is 4.79 Å². The molecule has 21 heavy (non-hydrogen) atoms. The van der Waals surface area contributed by atoms with Crippen molar-refractivity contribution < 1.29 is 19.5 Å². The molecule has 0 bridgehead atoms. The fraction of sp³-hybridized carbons (Fsp3) is 0.357. The van der Waals surface area contributed by atoms with Gasteiger partial charge in [0.05, 0.1) is 5.56 Å². The Balaban J connectivity index is 2.79. The van der Waals surface area contributed by atoms with Gasteiger partial charge in [0.15, 0.2) is 0 Å². The third-order valence-electron chi connectivity index (χ3n) is 2.98. The lowest BCUT2D eigenvalue weighted by Crippen LogP contribution is -2.49. The Kier molecular flexibility index (Phi) is 5.29. The van der Waals surface area contributed by atoms with E-state index in [9.17, 15) is 14.4 Å².